The van der Waals surface area contributed by atoms with Gasteiger partial charge in [-0.15, -0.1) is 10.2 Å². The van der Waals surface area contributed by atoms with E-state index in [1.165, 1.54) is 5.56 Å². The normalized spacial score (nSPS) is 17.0. The molecule has 110 valence electrons. The summed E-state index contributed by atoms with van der Waals surface area (Å²) >= 11 is 0. The molecule has 0 bridgehead atoms. The monoisotopic (exact) mass is 292 g/mol. The van der Waals surface area contributed by atoms with Crippen molar-refractivity contribution in [3.05, 3.63) is 59.5 Å². The molecule has 0 saturated heterocycles. The summed E-state index contributed by atoms with van der Waals surface area (Å²) in [4.78, 5) is 14.8. The third kappa shape index (κ3) is 1.82. The van der Waals surface area contributed by atoms with Crippen molar-refractivity contribution in [2.75, 3.05) is 4.90 Å². The minimum atomic E-state index is 0.0144. The van der Waals surface area contributed by atoms with Crippen LogP contribution in [-0.2, 0) is 6.42 Å². The summed E-state index contributed by atoms with van der Waals surface area (Å²) in [5, 5.41) is 8.13. The van der Waals surface area contributed by atoms with Crippen LogP contribution in [0.5, 0.6) is 0 Å². The molecule has 0 spiro atoms. The Labute approximate surface area is 128 Å². The lowest BCUT2D eigenvalue weighted by Crippen LogP contribution is -2.35. The van der Waals surface area contributed by atoms with Gasteiger partial charge < -0.3 is 4.90 Å². The van der Waals surface area contributed by atoms with Crippen LogP contribution in [0.15, 0.2) is 42.6 Å². The molecule has 22 heavy (non-hydrogen) atoms. The number of aryl methyl sites for hydroxylation is 1. The molecular weight excluding hydrogens is 276 g/mol. The average molecular weight is 292 g/mol. The van der Waals surface area contributed by atoms with E-state index < -0.39 is 0 Å². The molecule has 2 aromatic heterocycles. The summed E-state index contributed by atoms with van der Waals surface area (Å²) in [5.74, 6) is 0.828. The number of aromatic nitrogens is 3. The lowest BCUT2D eigenvalue weighted by molar-refractivity contribution is 0.0981. The van der Waals surface area contributed by atoms with Crippen molar-refractivity contribution in [3.63, 3.8) is 0 Å². The highest BCUT2D eigenvalue weighted by Crippen LogP contribution is 2.33. The Morgan fingerprint density at radius 2 is 2.05 bits per heavy atom. The van der Waals surface area contributed by atoms with Crippen molar-refractivity contribution in [1.82, 2.24) is 14.6 Å². The summed E-state index contributed by atoms with van der Waals surface area (Å²) in [6.07, 6.45) is 2.75. The fraction of sp³-hybridized carbons (Fsp3) is 0.235. The third-order valence-electron chi connectivity index (χ3n) is 4.25. The number of fused-ring (bicyclic) bond motifs is 2. The topological polar surface area (TPSA) is 50.5 Å². The zero-order valence-corrected chi connectivity index (χ0v) is 12.5. The molecule has 0 radical (unpaired) electrons. The molecule has 0 aliphatic carbocycles. The molecule has 0 saturated carbocycles. The first-order valence-electron chi connectivity index (χ1n) is 7.38. The average Bonchev–Trinajstić information content (AvgIpc) is 3.06. The van der Waals surface area contributed by atoms with E-state index >= 15 is 0 Å². The molecule has 1 unspecified atom stereocenters. The van der Waals surface area contributed by atoms with Gasteiger partial charge in [-0.05, 0) is 44.0 Å². The van der Waals surface area contributed by atoms with Crippen molar-refractivity contribution in [3.8, 4) is 0 Å². The number of para-hydroxylation sites is 1. The number of hydrogen-bond donors (Lipinski definition) is 0. The lowest BCUT2D eigenvalue weighted by atomic mass is 10.1. The molecule has 3 aromatic rings. The number of anilines is 1. The maximum atomic E-state index is 12.9. The van der Waals surface area contributed by atoms with Crippen molar-refractivity contribution < 1.29 is 4.79 Å². The molecular formula is C17H16N4O. The Kier molecular flexibility index (Phi) is 2.76. The summed E-state index contributed by atoms with van der Waals surface area (Å²) in [6, 6.07) is 11.9. The third-order valence-corrected chi connectivity index (χ3v) is 4.25. The van der Waals surface area contributed by atoms with E-state index in [-0.39, 0.29) is 11.9 Å². The standard InChI is InChI=1S/C17H16N4O/c1-11-9-13-5-3-4-6-15(13)21(11)17(22)14-7-8-20-12(2)18-19-16(20)10-14/h3-8,10-11H,9H2,1-2H3. The van der Waals surface area contributed by atoms with Gasteiger partial charge in [-0.2, -0.15) is 0 Å². The first-order valence-corrected chi connectivity index (χ1v) is 7.38. The van der Waals surface area contributed by atoms with Crippen LogP contribution in [0.3, 0.4) is 0 Å². The lowest BCUT2D eigenvalue weighted by Gasteiger charge is -2.22. The second-order valence-corrected chi connectivity index (χ2v) is 5.75. The molecule has 4 rings (SSSR count). The van der Waals surface area contributed by atoms with Gasteiger partial charge >= 0.3 is 0 Å². The van der Waals surface area contributed by atoms with Crippen LogP contribution in [-0.4, -0.2) is 26.5 Å². The van der Waals surface area contributed by atoms with Gasteiger partial charge in [0.2, 0.25) is 0 Å². The largest absolute Gasteiger partial charge is 0.305 e. The van der Waals surface area contributed by atoms with Crippen LogP contribution >= 0.6 is 0 Å². The Bertz CT molecular complexity index is 883. The van der Waals surface area contributed by atoms with E-state index in [0.29, 0.717) is 11.2 Å². The molecule has 1 aliphatic rings. The first-order chi connectivity index (χ1) is 10.6. The number of hydrogen-bond acceptors (Lipinski definition) is 3. The van der Waals surface area contributed by atoms with Crippen LogP contribution in [0.1, 0.15) is 28.7 Å². The molecule has 5 heteroatoms. The smallest absolute Gasteiger partial charge is 0.258 e. The van der Waals surface area contributed by atoms with Crippen molar-refractivity contribution in [2.45, 2.75) is 26.3 Å². The van der Waals surface area contributed by atoms with E-state index in [9.17, 15) is 4.79 Å². The second kappa shape index (κ2) is 4.66. The predicted molar refractivity (Wildman–Crippen MR) is 84.1 cm³/mol. The maximum absolute atomic E-state index is 12.9. The van der Waals surface area contributed by atoms with Gasteiger partial charge in [-0.25, -0.2) is 0 Å². The van der Waals surface area contributed by atoms with Crippen LogP contribution in [0.25, 0.3) is 5.65 Å². The molecule has 5 nitrogen and oxygen atoms in total. The van der Waals surface area contributed by atoms with Gasteiger partial charge in [0.05, 0.1) is 0 Å². The highest BCUT2D eigenvalue weighted by atomic mass is 16.2. The summed E-state index contributed by atoms with van der Waals surface area (Å²) < 4.78 is 1.87. The minimum Gasteiger partial charge on any atom is -0.305 e. The van der Waals surface area contributed by atoms with E-state index in [1.54, 1.807) is 6.07 Å². The quantitative estimate of drug-likeness (QED) is 0.693. The molecule has 1 atom stereocenters. The molecule has 3 heterocycles. The molecule has 0 fully saturated rings. The number of carbonyl (C=O) groups is 1. The maximum Gasteiger partial charge on any atom is 0.258 e. The molecule has 0 N–H and O–H groups in total. The summed E-state index contributed by atoms with van der Waals surface area (Å²) in [5.41, 5.74) is 3.58. The SMILES string of the molecule is Cc1nnc2cc(C(=O)N3c4ccccc4CC3C)ccn12. The fourth-order valence-corrected chi connectivity index (χ4v) is 3.16. The molecule has 1 aromatic carbocycles. The Balaban J connectivity index is 1.77. The Morgan fingerprint density at radius 1 is 1.23 bits per heavy atom. The molecule has 1 amide bonds. The fourth-order valence-electron chi connectivity index (χ4n) is 3.16. The minimum absolute atomic E-state index is 0.0144. The van der Waals surface area contributed by atoms with Crippen molar-refractivity contribution >= 4 is 17.2 Å². The summed E-state index contributed by atoms with van der Waals surface area (Å²) in [6.45, 7) is 3.97. The van der Waals surface area contributed by atoms with Crippen LogP contribution in [0.2, 0.25) is 0 Å². The zero-order chi connectivity index (χ0) is 15.3. The van der Waals surface area contributed by atoms with Gasteiger partial charge in [-0.3, -0.25) is 9.20 Å². The number of amides is 1. The zero-order valence-electron chi connectivity index (χ0n) is 12.5. The van der Waals surface area contributed by atoms with Gasteiger partial charge in [-0.1, -0.05) is 18.2 Å². The number of rotatable bonds is 1. The predicted octanol–water partition coefficient (Wildman–Crippen LogP) is 2.63. The Morgan fingerprint density at radius 3 is 2.91 bits per heavy atom. The first kappa shape index (κ1) is 13.0. The van der Waals surface area contributed by atoms with Gasteiger partial charge in [0, 0.05) is 23.5 Å². The van der Waals surface area contributed by atoms with Crippen molar-refractivity contribution in [2.24, 2.45) is 0 Å². The van der Waals surface area contributed by atoms with Crippen LogP contribution in [0.4, 0.5) is 5.69 Å². The van der Waals surface area contributed by atoms with Crippen LogP contribution in [0, 0.1) is 6.92 Å². The highest BCUT2D eigenvalue weighted by Gasteiger charge is 2.31. The number of pyridine rings is 1. The number of carbonyl (C=O) groups excluding carboxylic acids is 1. The van der Waals surface area contributed by atoms with Gasteiger partial charge in [0.25, 0.3) is 5.91 Å². The van der Waals surface area contributed by atoms with E-state index in [2.05, 4.69) is 23.2 Å². The highest BCUT2D eigenvalue weighted by molar-refractivity contribution is 6.08. The van der Waals surface area contributed by atoms with Crippen molar-refractivity contribution in [1.29, 1.82) is 0 Å². The molecule has 1 aliphatic heterocycles. The number of benzene rings is 1. The number of nitrogens with zero attached hydrogens (tertiary/aromatic N) is 4. The van der Waals surface area contributed by atoms with E-state index in [1.807, 2.05) is 46.7 Å². The Hall–Kier alpha value is -2.69. The van der Waals surface area contributed by atoms with Gasteiger partial charge in [0.1, 0.15) is 5.82 Å². The summed E-state index contributed by atoms with van der Waals surface area (Å²) in [7, 11) is 0. The van der Waals surface area contributed by atoms with Gasteiger partial charge in [0.15, 0.2) is 5.65 Å². The van der Waals surface area contributed by atoms with E-state index in [4.69, 9.17) is 0 Å². The second-order valence-electron chi connectivity index (χ2n) is 5.75. The van der Waals surface area contributed by atoms with Crippen LogP contribution < -0.4 is 4.90 Å². The van der Waals surface area contributed by atoms with E-state index in [0.717, 1.165) is 17.9 Å².